The lowest BCUT2D eigenvalue weighted by molar-refractivity contribution is 0.524. The first-order chi connectivity index (χ1) is 10.9. The summed E-state index contributed by atoms with van der Waals surface area (Å²) in [4.78, 5) is 24.7. The van der Waals surface area contributed by atoms with Crippen LogP contribution < -0.4 is 16.7 Å². The molecule has 1 aliphatic rings. The second-order valence-corrected chi connectivity index (χ2v) is 6.68. The quantitative estimate of drug-likeness (QED) is 0.752. The fourth-order valence-corrected chi connectivity index (χ4v) is 4.02. The minimum absolute atomic E-state index is 0.00775. The van der Waals surface area contributed by atoms with E-state index in [0.717, 1.165) is 17.6 Å². The first kappa shape index (κ1) is 14.5. The van der Waals surface area contributed by atoms with E-state index in [1.807, 2.05) is 0 Å². The van der Waals surface area contributed by atoms with E-state index >= 15 is 4.39 Å². The molecular weight excluding hydrogens is 324 g/mol. The molecule has 2 aromatic heterocycles. The number of pyridine rings is 1. The molecule has 0 bridgehead atoms. The smallest absolute Gasteiger partial charge is 0.271 e. The number of nitrogens with zero attached hydrogens (tertiary/aromatic N) is 1. The fourth-order valence-electron chi connectivity index (χ4n) is 3.11. The average molecular weight is 337 g/mol. The second kappa shape index (κ2) is 4.48. The molecule has 0 unspecified atom stereocenters. The Morgan fingerprint density at radius 2 is 2.09 bits per heavy atom. The minimum Gasteiger partial charge on any atom is -0.329 e. The van der Waals surface area contributed by atoms with Gasteiger partial charge in [-0.25, -0.2) is 8.78 Å². The molecule has 0 amide bonds. The molecule has 1 saturated carbocycles. The summed E-state index contributed by atoms with van der Waals surface area (Å²) in [6.45, 7) is 2.10. The number of hydrogen-bond donors (Lipinski definition) is 2. The van der Waals surface area contributed by atoms with Gasteiger partial charge in [0, 0.05) is 17.6 Å². The van der Waals surface area contributed by atoms with Crippen LogP contribution in [-0.4, -0.2) is 8.94 Å². The molecule has 1 fully saturated rings. The molecule has 0 radical (unpaired) electrons. The topological polar surface area (TPSA) is 80.9 Å². The zero-order valence-corrected chi connectivity index (χ0v) is 13.0. The maximum atomic E-state index is 15.1. The van der Waals surface area contributed by atoms with Crippen molar-refractivity contribution in [2.75, 3.05) is 0 Å². The van der Waals surface area contributed by atoms with E-state index in [0.29, 0.717) is 24.2 Å². The van der Waals surface area contributed by atoms with Crippen molar-refractivity contribution in [1.29, 1.82) is 0 Å². The number of aryl methyl sites for hydroxylation is 1. The molecule has 0 aliphatic heterocycles. The Bertz CT molecular complexity index is 1090. The molecule has 0 saturated heterocycles. The van der Waals surface area contributed by atoms with Gasteiger partial charge in [0.1, 0.15) is 16.0 Å². The standard InChI is InChI=1S/C15H13F2N3O2S/c1-2-20-11-6(12(21)8-13(22)19-23-14(8)20)5-7(16)9(10(11)17)15(18)3-4-15/h5H,2-4,18H2,1H3,(H,19,22). The fraction of sp³-hybridized carbons (Fsp3) is 0.333. The van der Waals surface area contributed by atoms with E-state index < -0.39 is 28.2 Å². The van der Waals surface area contributed by atoms with E-state index in [1.54, 1.807) is 6.92 Å². The van der Waals surface area contributed by atoms with Crippen molar-refractivity contribution >= 4 is 32.7 Å². The van der Waals surface area contributed by atoms with E-state index in [1.165, 1.54) is 4.57 Å². The highest BCUT2D eigenvalue weighted by Crippen LogP contribution is 2.46. The Kier molecular flexibility index (Phi) is 2.83. The molecule has 4 rings (SSSR count). The summed E-state index contributed by atoms with van der Waals surface area (Å²) in [5.41, 5.74) is 3.62. The highest BCUT2D eigenvalue weighted by atomic mass is 32.1. The maximum Gasteiger partial charge on any atom is 0.271 e. The summed E-state index contributed by atoms with van der Waals surface area (Å²) in [6.07, 6.45) is 1.00. The van der Waals surface area contributed by atoms with Gasteiger partial charge in [-0.05, 0) is 37.4 Å². The Balaban J connectivity index is 2.30. The van der Waals surface area contributed by atoms with Gasteiger partial charge in [-0.1, -0.05) is 0 Å². The minimum atomic E-state index is -1.00. The number of aromatic amines is 1. The van der Waals surface area contributed by atoms with Crippen molar-refractivity contribution in [2.24, 2.45) is 5.73 Å². The summed E-state index contributed by atoms with van der Waals surface area (Å²) in [7, 11) is 0. The predicted octanol–water partition coefficient (Wildman–Crippen LogP) is 2.15. The van der Waals surface area contributed by atoms with Gasteiger partial charge in [0.15, 0.2) is 5.82 Å². The number of nitrogens with one attached hydrogen (secondary N) is 1. The molecule has 23 heavy (non-hydrogen) atoms. The summed E-state index contributed by atoms with van der Waals surface area (Å²) < 4.78 is 33.5. The van der Waals surface area contributed by atoms with Gasteiger partial charge in [-0.2, -0.15) is 0 Å². The molecule has 1 aromatic carbocycles. The molecule has 3 aromatic rings. The van der Waals surface area contributed by atoms with Crippen LogP contribution in [0.4, 0.5) is 8.78 Å². The van der Waals surface area contributed by atoms with E-state index in [2.05, 4.69) is 4.37 Å². The van der Waals surface area contributed by atoms with Gasteiger partial charge < -0.3 is 10.3 Å². The van der Waals surface area contributed by atoms with Crippen molar-refractivity contribution in [3.8, 4) is 0 Å². The number of hydrogen-bond acceptors (Lipinski definition) is 4. The molecular formula is C15H13F2N3O2S. The Morgan fingerprint density at radius 3 is 2.70 bits per heavy atom. The van der Waals surface area contributed by atoms with Crippen LogP contribution in [0.5, 0.6) is 0 Å². The third kappa shape index (κ3) is 1.79. The summed E-state index contributed by atoms with van der Waals surface area (Å²) >= 11 is 0.970. The molecule has 0 atom stereocenters. The molecule has 5 nitrogen and oxygen atoms in total. The van der Waals surface area contributed by atoms with Crippen molar-refractivity contribution < 1.29 is 8.78 Å². The monoisotopic (exact) mass is 337 g/mol. The Morgan fingerprint density at radius 1 is 1.39 bits per heavy atom. The summed E-state index contributed by atoms with van der Waals surface area (Å²) in [5.74, 6) is -1.64. The number of benzene rings is 1. The van der Waals surface area contributed by atoms with Crippen molar-refractivity contribution in [3.63, 3.8) is 0 Å². The molecule has 0 spiro atoms. The lowest BCUT2D eigenvalue weighted by Crippen LogP contribution is -2.24. The molecule has 120 valence electrons. The SMILES string of the molecule is CCn1c2s[nH]c(=O)c2c(=O)c2cc(F)c(C3(N)CC3)c(F)c21. The highest BCUT2D eigenvalue weighted by molar-refractivity contribution is 7.12. The lowest BCUT2D eigenvalue weighted by Gasteiger charge is -2.17. The maximum absolute atomic E-state index is 15.1. The van der Waals surface area contributed by atoms with E-state index in [-0.39, 0.29) is 21.9 Å². The van der Waals surface area contributed by atoms with Gasteiger partial charge in [0.25, 0.3) is 5.56 Å². The van der Waals surface area contributed by atoms with Gasteiger partial charge in [-0.15, -0.1) is 0 Å². The predicted molar refractivity (Wildman–Crippen MR) is 84.9 cm³/mol. The van der Waals surface area contributed by atoms with Crippen LogP contribution in [0.25, 0.3) is 21.1 Å². The van der Waals surface area contributed by atoms with Gasteiger partial charge in [0.05, 0.1) is 10.9 Å². The highest BCUT2D eigenvalue weighted by Gasteiger charge is 2.45. The first-order valence-electron chi connectivity index (χ1n) is 7.24. The number of rotatable bonds is 2. The Labute approximate surface area is 132 Å². The number of nitrogens with two attached hydrogens (primary N) is 1. The van der Waals surface area contributed by atoms with Gasteiger partial charge in [-0.3, -0.25) is 14.0 Å². The van der Waals surface area contributed by atoms with Gasteiger partial charge in [0.2, 0.25) is 5.43 Å². The van der Waals surface area contributed by atoms with Crippen LogP contribution in [-0.2, 0) is 12.1 Å². The molecule has 3 N–H and O–H groups in total. The van der Waals surface area contributed by atoms with Crippen LogP contribution in [0.1, 0.15) is 25.3 Å². The van der Waals surface area contributed by atoms with Crippen LogP contribution in [0.2, 0.25) is 0 Å². The first-order valence-corrected chi connectivity index (χ1v) is 8.05. The zero-order valence-electron chi connectivity index (χ0n) is 12.2. The van der Waals surface area contributed by atoms with Crippen molar-refractivity contribution in [2.45, 2.75) is 31.8 Å². The summed E-state index contributed by atoms with van der Waals surface area (Å²) in [5, 5.41) is -0.198. The Hall–Kier alpha value is -2.06. The number of H-pyrrole nitrogens is 1. The van der Waals surface area contributed by atoms with E-state index in [9.17, 15) is 14.0 Å². The molecule has 2 heterocycles. The van der Waals surface area contributed by atoms with Gasteiger partial charge >= 0.3 is 0 Å². The zero-order chi connectivity index (χ0) is 16.5. The van der Waals surface area contributed by atoms with Crippen molar-refractivity contribution in [1.82, 2.24) is 8.94 Å². The third-order valence-electron chi connectivity index (χ3n) is 4.46. The van der Waals surface area contributed by atoms with Crippen LogP contribution in [0, 0.1) is 11.6 Å². The van der Waals surface area contributed by atoms with Crippen LogP contribution in [0.3, 0.4) is 0 Å². The summed E-state index contributed by atoms with van der Waals surface area (Å²) in [6, 6.07) is 1.01. The lowest BCUT2D eigenvalue weighted by atomic mass is 10.0. The van der Waals surface area contributed by atoms with Crippen LogP contribution >= 0.6 is 11.5 Å². The molecule has 1 aliphatic carbocycles. The van der Waals surface area contributed by atoms with Crippen molar-refractivity contribution in [3.05, 3.63) is 43.8 Å². The van der Waals surface area contributed by atoms with E-state index in [4.69, 9.17) is 5.73 Å². The molecule has 8 heteroatoms. The number of aromatic nitrogens is 2. The second-order valence-electron chi connectivity index (χ2n) is 5.89. The number of halogens is 2. The number of fused-ring (bicyclic) bond motifs is 2. The largest absolute Gasteiger partial charge is 0.329 e. The van der Waals surface area contributed by atoms with Crippen LogP contribution in [0.15, 0.2) is 15.7 Å². The third-order valence-corrected chi connectivity index (χ3v) is 5.37. The normalized spacial score (nSPS) is 16.3. The average Bonchev–Trinajstić information content (AvgIpc) is 3.11.